The molecule has 1 aliphatic heterocycles. The number of thiophene rings is 1. The van der Waals surface area contributed by atoms with Gasteiger partial charge in [-0.15, -0.1) is 11.3 Å². The van der Waals surface area contributed by atoms with E-state index in [0.29, 0.717) is 23.8 Å². The standard InChI is InChI=1S/C14H23N3O3S2/c1-12(2)10-17(22(19,20)14-4-3-9-21-14)11-13(18)16-7-5-15-6-8-16/h3-4,9,12,15H,5-8,10-11H2,1-2H3. The summed E-state index contributed by atoms with van der Waals surface area (Å²) in [6.07, 6.45) is 0. The Morgan fingerprint density at radius 2 is 2.09 bits per heavy atom. The van der Waals surface area contributed by atoms with E-state index >= 15 is 0 Å². The monoisotopic (exact) mass is 345 g/mol. The highest BCUT2D eigenvalue weighted by molar-refractivity contribution is 7.91. The van der Waals surface area contributed by atoms with Crippen LogP contribution in [0.4, 0.5) is 0 Å². The molecule has 0 unspecified atom stereocenters. The molecule has 1 fully saturated rings. The number of carbonyl (C=O) groups excluding carboxylic acids is 1. The number of nitrogens with one attached hydrogen (secondary N) is 1. The molecular formula is C14H23N3O3S2. The van der Waals surface area contributed by atoms with Crippen LogP contribution < -0.4 is 5.32 Å². The molecule has 1 aliphatic rings. The van der Waals surface area contributed by atoms with Crippen molar-refractivity contribution in [1.29, 1.82) is 0 Å². The first-order valence-electron chi connectivity index (χ1n) is 7.43. The molecule has 0 saturated carbocycles. The number of hydrogen-bond acceptors (Lipinski definition) is 5. The van der Waals surface area contributed by atoms with Crippen molar-refractivity contribution in [3.63, 3.8) is 0 Å². The lowest BCUT2D eigenvalue weighted by Crippen LogP contribution is -2.50. The van der Waals surface area contributed by atoms with Crippen LogP contribution in [0.5, 0.6) is 0 Å². The Kier molecular flexibility index (Phi) is 5.96. The third kappa shape index (κ3) is 4.28. The van der Waals surface area contributed by atoms with Gasteiger partial charge >= 0.3 is 0 Å². The predicted octanol–water partition coefficient (Wildman–Crippen LogP) is 0.827. The Morgan fingerprint density at radius 1 is 1.41 bits per heavy atom. The molecule has 6 nitrogen and oxygen atoms in total. The molecule has 0 aromatic carbocycles. The number of hydrogen-bond donors (Lipinski definition) is 1. The highest BCUT2D eigenvalue weighted by atomic mass is 32.2. The summed E-state index contributed by atoms with van der Waals surface area (Å²) in [5, 5.41) is 4.92. The minimum absolute atomic E-state index is 0.0849. The van der Waals surface area contributed by atoms with Crippen LogP contribution in [-0.2, 0) is 14.8 Å². The molecule has 2 rings (SSSR count). The van der Waals surface area contributed by atoms with Crippen molar-refractivity contribution in [3.05, 3.63) is 17.5 Å². The van der Waals surface area contributed by atoms with Gasteiger partial charge in [0.1, 0.15) is 4.21 Å². The van der Waals surface area contributed by atoms with Gasteiger partial charge in [-0.25, -0.2) is 8.42 Å². The van der Waals surface area contributed by atoms with E-state index in [1.54, 1.807) is 22.4 Å². The van der Waals surface area contributed by atoms with Crippen LogP contribution >= 0.6 is 11.3 Å². The second kappa shape index (κ2) is 7.54. The number of rotatable bonds is 6. The van der Waals surface area contributed by atoms with Gasteiger partial charge in [0.15, 0.2) is 0 Å². The Balaban J connectivity index is 2.14. The summed E-state index contributed by atoms with van der Waals surface area (Å²) in [6.45, 7) is 6.94. The molecule has 0 radical (unpaired) electrons. The van der Waals surface area contributed by atoms with Crippen molar-refractivity contribution in [3.8, 4) is 0 Å². The Labute approximate surface area is 136 Å². The van der Waals surface area contributed by atoms with Gasteiger partial charge in [-0.05, 0) is 17.4 Å². The quantitative estimate of drug-likeness (QED) is 0.829. The van der Waals surface area contributed by atoms with E-state index in [1.807, 2.05) is 13.8 Å². The zero-order valence-electron chi connectivity index (χ0n) is 13.0. The van der Waals surface area contributed by atoms with Gasteiger partial charge < -0.3 is 10.2 Å². The molecule has 1 amide bonds. The van der Waals surface area contributed by atoms with Crippen molar-refractivity contribution in [2.45, 2.75) is 18.1 Å². The summed E-state index contributed by atoms with van der Waals surface area (Å²) in [4.78, 5) is 14.1. The first-order valence-corrected chi connectivity index (χ1v) is 9.75. The fourth-order valence-electron chi connectivity index (χ4n) is 2.36. The number of nitrogens with zero attached hydrogens (tertiary/aromatic N) is 2. The van der Waals surface area contributed by atoms with Crippen LogP contribution in [0, 0.1) is 5.92 Å². The van der Waals surface area contributed by atoms with Crippen molar-refractivity contribution >= 4 is 27.3 Å². The van der Waals surface area contributed by atoms with Gasteiger partial charge in [-0.2, -0.15) is 4.31 Å². The lowest BCUT2D eigenvalue weighted by Gasteiger charge is -2.30. The smallest absolute Gasteiger partial charge is 0.253 e. The van der Waals surface area contributed by atoms with Gasteiger partial charge in [0.2, 0.25) is 5.91 Å². The minimum atomic E-state index is -3.60. The zero-order valence-corrected chi connectivity index (χ0v) is 14.6. The molecule has 0 spiro atoms. The van der Waals surface area contributed by atoms with E-state index < -0.39 is 10.0 Å². The summed E-state index contributed by atoms with van der Waals surface area (Å²) in [6, 6.07) is 3.30. The molecule has 1 N–H and O–H groups in total. The second-order valence-corrected chi connectivity index (χ2v) is 8.87. The average molecular weight is 345 g/mol. The summed E-state index contributed by atoms with van der Waals surface area (Å²) >= 11 is 1.18. The topological polar surface area (TPSA) is 69.7 Å². The van der Waals surface area contributed by atoms with Gasteiger partial charge in [0, 0.05) is 32.7 Å². The van der Waals surface area contributed by atoms with E-state index in [2.05, 4.69) is 5.32 Å². The molecule has 0 bridgehead atoms. The van der Waals surface area contributed by atoms with Gasteiger partial charge in [0.05, 0.1) is 6.54 Å². The van der Waals surface area contributed by atoms with Gasteiger partial charge in [0.25, 0.3) is 10.0 Å². The maximum atomic E-state index is 12.7. The third-order valence-electron chi connectivity index (χ3n) is 3.44. The molecule has 2 heterocycles. The first kappa shape index (κ1) is 17.4. The van der Waals surface area contributed by atoms with Crippen molar-refractivity contribution in [2.75, 3.05) is 39.3 Å². The Hall–Kier alpha value is -0.960. The van der Waals surface area contributed by atoms with Crippen LogP contribution in [-0.4, -0.2) is 62.8 Å². The highest BCUT2D eigenvalue weighted by Crippen LogP contribution is 2.22. The molecule has 1 aromatic heterocycles. The van der Waals surface area contributed by atoms with Crippen molar-refractivity contribution in [2.24, 2.45) is 5.92 Å². The van der Waals surface area contributed by atoms with Crippen LogP contribution in [0.1, 0.15) is 13.8 Å². The number of amides is 1. The Bertz CT molecular complexity index is 578. The number of sulfonamides is 1. The van der Waals surface area contributed by atoms with Crippen molar-refractivity contribution in [1.82, 2.24) is 14.5 Å². The molecule has 22 heavy (non-hydrogen) atoms. The van der Waals surface area contributed by atoms with E-state index in [1.165, 1.54) is 15.6 Å². The van der Waals surface area contributed by atoms with Crippen LogP contribution in [0.2, 0.25) is 0 Å². The van der Waals surface area contributed by atoms with E-state index in [0.717, 1.165) is 13.1 Å². The summed E-state index contributed by atoms with van der Waals surface area (Å²) in [5.41, 5.74) is 0. The third-order valence-corrected chi connectivity index (χ3v) is 6.62. The number of piperazine rings is 1. The molecule has 8 heteroatoms. The predicted molar refractivity (Wildman–Crippen MR) is 87.4 cm³/mol. The van der Waals surface area contributed by atoms with E-state index in [-0.39, 0.29) is 18.4 Å². The molecule has 0 atom stereocenters. The fourth-order valence-corrected chi connectivity index (χ4v) is 5.06. The highest BCUT2D eigenvalue weighted by Gasteiger charge is 2.30. The molecule has 1 saturated heterocycles. The SMILES string of the molecule is CC(C)CN(CC(=O)N1CCNCC1)S(=O)(=O)c1cccs1. The average Bonchev–Trinajstić information content (AvgIpc) is 3.02. The molecule has 1 aromatic rings. The lowest BCUT2D eigenvalue weighted by atomic mass is 10.2. The van der Waals surface area contributed by atoms with Crippen LogP contribution in [0.3, 0.4) is 0 Å². The fraction of sp³-hybridized carbons (Fsp3) is 0.643. The Morgan fingerprint density at radius 3 is 2.64 bits per heavy atom. The molecule has 124 valence electrons. The van der Waals surface area contributed by atoms with Crippen molar-refractivity contribution < 1.29 is 13.2 Å². The lowest BCUT2D eigenvalue weighted by molar-refractivity contribution is -0.132. The zero-order chi connectivity index (χ0) is 16.2. The molecule has 0 aliphatic carbocycles. The van der Waals surface area contributed by atoms with E-state index in [4.69, 9.17) is 0 Å². The summed E-state index contributed by atoms with van der Waals surface area (Å²) in [5.74, 6) is 0.0350. The number of carbonyl (C=O) groups is 1. The van der Waals surface area contributed by atoms with Crippen LogP contribution in [0.15, 0.2) is 21.7 Å². The van der Waals surface area contributed by atoms with E-state index in [9.17, 15) is 13.2 Å². The first-order chi connectivity index (χ1) is 10.4. The van der Waals surface area contributed by atoms with Gasteiger partial charge in [-0.1, -0.05) is 19.9 Å². The summed E-state index contributed by atoms with van der Waals surface area (Å²) < 4.78 is 27.0. The molecular weight excluding hydrogens is 322 g/mol. The summed E-state index contributed by atoms with van der Waals surface area (Å²) in [7, 11) is -3.60. The normalized spacial score (nSPS) is 16.5. The second-order valence-electron chi connectivity index (χ2n) is 5.75. The maximum Gasteiger partial charge on any atom is 0.253 e. The largest absolute Gasteiger partial charge is 0.339 e. The maximum absolute atomic E-state index is 12.7. The van der Waals surface area contributed by atoms with Crippen LogP contribution in [0.25, 0.3) is 0 Å². The van der Waals surface area contributed by atoms with Gasteiger partial charge in [-0.3, -0.25) is 4.79 Å². The minimum Gasteiger partial charge on any atom is -0.339 e.